The van der Waals surface area contributed by atoms with Gasteiger partial charge in [0, 0.05) is 31.3 Å². The van der Waals surface area contributed by atoms with Crippen LogP contribution in [0.5, 0.6) is 5.75 Å². The number of piperidine rings is 1. The summed E-state index contributed by atoms with van der Waals surface area (Å²) < 4.78 is 34.8. The summed E-state index contributed by atoms with van der Waals surface area (Å²) in [5, 5.41) is 15.4. The van der Waals surface area contributed by atoms with Gasteiger partial charge in [-0.2, -0.15) is 9.40 Å². The average molecular weight is 414 g/mol. The van der Waals surface area contributed by atoms with Crippen molar-refractivity contribution in [1.29, 1.82) is 0 Å². The molecule has 0 aliphatic carbocycles. The summed E-state index contributed by atoms with van der Waals surface area (Å²) in [7, 11) is -3.61. The van der Waals surface area contributed by atoms with Crippen LogP contribution in [-0.2, 0) is 22.0 Å². The van der Waals surface area contributed by atoms with E-state index in [0.29, 0.717) is 19.4 Å². The highest BCUT2D eigenvalue weighted by Crippen LogP contribution is 2.37. The smallest absolute Gasteiger partial charge is 0.243 e. The van der Waals surface area contributed by atoms with Crippen LogP contribution < -0.4 is 4.74 Å². The van der Waals surface area contributed by atoms with Crippen molar-refractivity contribution in [2.24, 2.45) is 0 Å². The third kappa shape index (κ3) is 3.00. The Bertz CT molecular complexity index is 1200. The molecule has 0 spiro atoms. The van der Waals surface area contributed by atoms with Gasteiger partial charge < -0.3 is 9.84 Å². The molecule has 0 bridgehead atoms. The van der Waals surface area contributed by atoms with Crippen LogP contribution >= 0.6 is 0 Å². The summed E-state index contributed by atoms with van der Waals surface area (Å²) in [5.74, 6) is 0.760. The molecule has 1 N–H and O–H groups in total. The van der Waals surface area contributed by atoms with Crippen molar-refractivity contribution in [2.75, 3.05) is 19.7 Å². The molecule has 1 fully saturated rings. The summed E-state index contributed by atoms with van der Waals surface area (Å²) in [6.45, 7) is 3.02. The lowest BCUT2D eigenvalue weighted by Crippen LogP contribution is -2.45. The number of hydrogen-bond acceptors (Lipinski definition) is 6. The van der Waals surface area contributed by atoms with E-state index in [4.69, 9.17) is 4.74 Å². The minimum Gasteiger partial charge on any atom is -0.493 e. The number of sulfonamides is 1. The quantitative estimate of drug-likeness (QED) is 0.700. The van der Waals surface area contributed by atoms with Gasteiger partial charge in [0.05, 0.1) is 17.1 Å². The number of aromatic nitrogens is 3. The zero-order valence-corrected chi connectivity index (χ0v) is 16.9. The molecular formula is C20H22N4O4S. The first-order chi connectivity index (χ1) is 13.9. The Morgan fingerprint density at radius 2 is 2.00 bits per heavy atom. The SMILES string of the molecule is Cc1cc2ncnn2cc1C1(O)CCN(S(=O)(=O)c2ccc3c(c2)CCO3)CC1. The van der Waals surface area contributed by atoms with E-state index in [0.717, 1.165) is 34.5 Å². The van der Waals surface area contributed by atoms with Crippen molar-refractivity contribution in [1.82, 2.24) is 18.9 Å². The maximum Gasteiger partial charge on any atom is 0.243 e. The number of hydrogen-bond donors (Lipinski definition) is 1. The van der Waals surface area contributed by atoms with E-state index >= 15 is 0 Å². The summed E-state index contributed by atoms with van der Waals surface area (Å²) in [6, 6.07) is 6.92. The first kappa shape index (κ1) is 18.5. The monoisotopic (exact) mass is 414 g/mol. The fourth-order valence-electron chi connectivity index (χ4n) is 4.28. The summed E-state index contributed by atoms with van der Waals surface area (Å²) in [4.78, 5) is 4.45. The molecule has 2 aliphatic rings. The van der Waals surface area contributed by atoms with E-state index in [-0.39, 0.29) is 18.0 Å². The number of rotatable bonds is 3. The molecule has 0 amide bonds. The van der Waals surface area contributed by atoms with E-state index in [1.165, 1.54) is 10.6 Å². The predicted molar refractivity (Wildman–Crippen MR) is 105 cm³/mol. The number of aryl methyl sites for hydroxylation is 1. The zero-order valence-electron chi connectivity index (χ0n) is 16.1. The van der Waals surface area contributed by atoms with Crippen LogP contribution in [-0.4, -0.2) is 52.1 Å². The summed E-state index contributed by atoms with van der Waals surface area (Å²) in [5.41, 5.74) is 2.24. The van der Waals surface area contributed by atoms with E-state index in [9.17, 15) is 13.5 Å². The lowest BCUT2D eigenvalue weighted by Gasteiger charge is -2.38. The van der Waals surface area contributed by atoms with Gasteiger partial charge in [-0.25, -0.2) is 17.9 Å². The number of benzene rings is 1. The maximum atomic E-state index is 13.1. The molecule has 9 heteroatoms. The van der Waals surface area contributed by atoms with Crippen LogP contribution in [0.2, 0.25) is 0 Å². The molecule has 3 aromatic rings. The van der Waals surface area contributed by atoms with Gasteiger partial charge in [0.25, 0.3) is 0 Å². The second-order valence-corrected chi connectivity index (χ2v) is 9.67. The Balaban J connectivity index is 1.39. The molecule has 8 nitrogen and oxygen atoms in total. The summed E-state index contributed by atoms with van der Waals surface area (Å²) >= 11 is 0. The van der Waals surface area contributed by atoms with Gasteiger partial charge in [-0.1, -0.05) is 0 Å². The molecule has 2 aliphatic heterocycles. The van der Waals surface area contributed by atoms with Crippen LogP contribution in [0.25, 0.3) is 5.65 Å². The second-order valence-electron chi connectivity index (χ2n) is 7.74. The van der Waals surface area contributed by atoms with Crippen molar-refractivity contribution >= 4 is 15.7 Å². The predicted octanol–water partition coefficient (Wildman–Crippen LogP) is 1.64. The Morgan fingerprint density at radius 3 is 2.79 bits per heavy atom. The molecule has 5 rings (SSSR count). The highest BCUT2D eigenvalue weighted by Gasteiger charge is 2.39. The first-order valence-corrected chi connectivity index (χ1v) is 11.1. The lowest BCUT2D eigenvalue weighted by molar-refractivity contribution is -0.0105. The fourth-order valence-corrected chi connectivity index (χ4v) is 5.78. The van der Waals surface area contributed by atoms with Crippen molar-refractivity contribution in [3.8, 4) is 5.75 Å². The molecule has 4 heterocycles. The van der Waals surface area contributed by atoms with Crippen LogP contribution in [0.15, 0.2) is 41.7 Å². The number of ether oxygens (including phenoxy) is 1. The number of pyridine rings is 1. The highest BCUT2D eigenvalue weighted by molar-refractivity contribution is 7.89. The van der Waals surface area contributed by atoms with Gasteiger partial charge in [-0.05, 0) is 55.2 Å². The Kier molecular flexibility index (Phi) is 4.16. The molecule has 0 atom stereocenters. The molecular weight excluding hydrogens is 392 g/mol. The molecule has 1 saturated heterocycles. The standard InChI is InChI=1S/C20H22N4O4S/c1-14-10-19-21-13-22-24(19)12-17(14)20(25)5-7-23(8-6-20)29(26,27)16-2-3-18-15(11-16)4-9-28-18/h2-3,10-13,25H,4-9H2,1H3. The van der Waals surface area contributed by atoms with E-state index in [1.54, 1.807) is 28.9 Å². The molecule has 152 valence electrons. The van der Waals surface area contributed by atoms with Crippen LogP contribution in [0.3, 0.4) is 0 Å². The van der Waals surface area contributed by atoms with E-state index < -0.39 is 15.6 Å². The van der Waals surface area contributed by atoms with Crippen molar-refractivity contribution in [3.05, 3.63) is 53.5 Å². The molecule has 2 aromatic heterocycles. The minimum atomic E-state index is -3.61. The van der Waals surface area contributed by atoms with Crippen LogP contribution in [0, 0.1) is 6.92 Å². The molecule has 0 saturated carbocycles. The zero-order chi connectivity index (χ0) is 20.2. The normalized spacial score (nSPS) is 19.2. The third-order valence-corrected chi connectivity index (χ3v) is 7.87. The van der Waals surface area contributed by atoms with Crippen molar-refractivity contribution < 1.29 is 18.3 Å². The molecule has 0 unspecified atom stereocenters. The van der Waals surface area contributed by atoms with Gasteiger partial charge in [0.1, 0.15) is 12.1 Å². The van der Waals surface area contributed by atoms with Crippen molar-refractivity contribution in [3.63, 3.8) is 0 Å². The van der Waals surface area contributed by atoms with Gasteiger partial charge >= 0.3 is 0 Å². The number of nitrogens with zero attached hydrogens (tertiary/aromatic N) is 4. The maximum absolute atomic E-state index is 13.1. The highest BCUT2D eigenvalue weighted by atomic mass is 32.2. The van der Waals surface area contributed by atoms with Gasteiger partial charge in [-0.15, -0.1) is 0 Å². The molecule has 1 aromatic carbocycles. The Hall–Kier alpha value is -2.49. The third-order valence-electron chi connectivity index (χ3n) is 5.97. The molecule has 29 heavy (non-hydrogen) atoms. The second kappa shape index (κ2) is 6.51. The average Bonchev–Trinajstić information content (AvgIpc) is 3.35. The first-order valence-electron chi connectivity index (χ1n) is 9.66. The van der Waals surface area contributed by atoms with Crippen LogP contribution in [0.1, 0.15) is 29.5 Å². The van der Waals surface area contributed by atoms with Gasteiger partial charge in [0.2, 0.25) is 10.0 Å². The Labute approximate surface area is 168 Å². The van der Waals surface area contributed by atoms with E-state index in [2.05, 4.69) is 10.1 Å². The van der Waals surface area contributed by atoms with Gasteiger partial charge in [-0.3, -0.25) is 0 Å². The summed E-state index contributed by atoms with van der Waals surface area (Å²) in [6.07, 6.45) is 4.63. The molecule has 0 radical (unpaired) electrons. The van der Waals surface area contributed by atoms with E-state index in [1.807, 2.05) is 13.0 Å². The number of fused-ring (bicyclic) bond motifs is 2. The minimum absolute atomic E-state index is 0.251. The van der Waals surface area contributed by atoms with Crippen molar-refractivity contribution in [2.45, 2.75) is 36.7 Å². The van der Waals surface area contributed by atoms with Gasteiger partial charge in [0.15, 0.2) is 5.65 Å². The van der Waals surface area contributed by atoms with Crippen LogP contribution in [0.4, 0.5) is 0 Å². The Morgan fingerprint density at radius 1 is 1.21 bits per heavy atom. The largest absolute Gasteiger partial charge is 0.493 e. The topological polar surface area (TPSA) is 97.0 Å². The lowest BCUT2D eigenvalue weighted by atomic mass is 9.84. The number of aliphatic hydroxyl groups is 1. The fraction of sp³-hybridized carbons (Fsp3) is 0.400.